The molecule has 2 aliphatic rings. The zero-order valence-electron chi connectivity index (χ0n) is 12.1. The van der Waals surface area contributed by atoms with E-state index in [4.69, 9.17) is 0 Å². The first-order chi connectivity index (χ1) is 9.72. The van der Waals surface area contributed by atoms with Crippen molar-refractivity contribution in [3.05, 3.63) is 24.0 Å². The minimum Gasteiger partial charge on any atom is -0.323 e. The molecule has 1 amide bonds. The van der Waals surface area contributed by atoms with Crippen LogP contribution in [0, 0.1) is 12.8 Å². The van der Waals surface area contributed by atoms with E-state index in [9.17, 15) is 4.79 Å². The van der Waals surface area contributed by atoms with Crippen LogP contribution in [0.15, 0.2) is 18.5 Å². The number of carbonyl (C=O) groups is 1. The van der Waals surface area contributed by atoms with Crippen LogP contribution in [0.25, 0.3) is 0 Å². The Bertz CT molecular complexity index is 488. The van der Waals surface area contributed by atoms with Crippen LogP contribution < -0.4 is 10.6 Å². The van der Waals surface area contributed by atoms with E-state index in [-0.39, 0.29) is 11.9 Å². The van der Waals surface area contributed by atoms with Gasteiger partial charge in [-0.05, 0) is 50.2 Å². The molecule has 4 nitrogen and oxygen atoms in total. The highest BCUT2D eigenvalue weighted by molar-refractivity contribution is 5.94. The predicted octanol–water partition coefficient (Wildman–Crippen LogP) is 2.64. The van der Waals surface area contributed by atoms with Crippen molar-refractivity contribution in [1.29, 1.82) is 0 Å². The second-order valence-electron chi connectivity index (χ2n) is 6.19. The van der Waals surface area contributed by atoms with Crippen molar-refractivity contribution in [1.82, 2.24) is 10.3 Å². The number of piperidine rings is 1. The van der Waals surface area contributed by atoms with Crippen LogP contribution in [-0.4, -0.2) is 23.0 Å². The van der Waals surface area contributed by atoms with Crippen molar-refractivity contribution >= 4 is 11.6 Å². The molecule has 2 heterocycles. The van der Waals surface area contributed by atoms with Crippen LogP contribution in [0.2, 0.25) is 0 Å². The standard InChI is InChI=1S/C16H23N3O/c1-11-8-13(10-17-9-11)18-16(20)15-7-6-12-4-2-3-5-14(12)19-15/h8-10,12,14-15,19H,2-7H2,1H3,(H,18,20). The highest BCUT2D eigenvalue weighted by Gasteiger charge is 2.34. The number of anilines is 1. The van der Waals surface area contributed by atoms with E-state index in [0.717, 1.165) is 23.6 Å². The Hall–Kier alpha value is -1.42. The monoisotopic (exact) mass is 273 g/mol. The topological polar surface area (TPSA) is 54.0 Å². The molecule has 0 bridgehead atoms. The van der Waals surface area contributed by atoms with Gasteiger partial charge in [-0.25, -0.2) is 0 Å². The summed E-state index contributed by atoms with van der Waals surface area (Å²) in [5.41, 5.74) is 1.86. The Kier molecular flexibility index (Phi) is 4.01. The number of hydrogen-bond donors (Lipinski definition) is 2. The summed E-state index contributed by atoms with van der Waals surface area (Å²) in [5, 5.41) is 6.54. The van der Waals surface area contributed by atoms with Crippen molar-refractivity contribution in [3.8, 4) is 0 Å². The summed E-state index contributed by atoms with van der Waals surface area (Å²) in [4.78, 5) is 16.5. The van der Waals surface area contributed by atoms with Crippen molar-refractivity contribution < 1.29 is 4.79 Å². The van der Waals surface area contributed by atoms with E-state index in [1.54, 1.807) is 12.4 Å². The largest absolute Gasteiger partial charge is 0.323 e. The van der Waals surface area contributed by atoms with E-state index in [0.29, 0.717) is 6.04 Å². The minimum atomic E-state index is -0.0464. The smallest absolute Gasteiger partial charge is 0.241 e. The lowest BCUT2D eigenvalue weighted by atomic mass is 9.77. The minimum absolute atomic E-state index is 0.0464. The van der Waals surface area contributed by atoms with Crippen molar-refractivity contribution in [2.24, 2.45) is 5.92 Å². The molecule has 0 radical (unpaired) electrons. The van der Waals surface area contributed by atoms with Gasteiger partial charge in [-0.3, -0.25) is 9.78 Å². The molecule has 1 aliphatic heterocycles. The lowest BCUT2D eigenvalue weighted by Gasteiger charge is -2.39. The maximum atomic E-state index is 12.4. The number of fused-ring (bicyclic) bond motifs is 1. The summed E-state index contributed by atoms with van der Waals surface area (Å²) in [6, 6.07) is 2.45. The van der Waals surface area contributed by atoms with Gasteiger partial charge in [-0.1, -0.05) is 12.8 Å². The summed E-state index contributed by atoms with van der Waals surface area (Å²) >= 11 is 0. The first-order valence-electron chi connectivity index (χ1n) is 7.71. The summed E-state index contributed by atoms with van der Waals surface area (Å²) in [6.07, 6.45) is 10.8. The summed E-state index contributed by atoms with van der Waals surface area (Å²) in [5.74, 6) is 0.870. The maximum absolute atomic E-state index is 12.4. The second kappa shape index (κ2) is 5.92. The second-order valence-corrected chi connectivity index (χ2v) is 6.19. The van der Waals surface area contributed by atoms with Crippen molar-refractivity contribution in [3.63, 3.8) is 0 Å². The van der Waals surface area contributed by atoms with Gasteiger partial charge in [0.25, 0.3) is 0 Å². The van der Waals surface area contributed by atoms with E-state index in [1.165, 1.54) is 32.1 Å². The molecule has 1 aromatic rings. The number of rotatable bonds is 2. The van der Waals surface area contributed by atoms with Crippen molar-refractivity contribution in [2.45, 2.75) is 57.5 Å². The third-order valence-corrected chi connectivity index (χ3v) is 4.61. The lowest BCUT2D eigenvalue weighted by molar-refractivity contribution is -0.119. The number of amides is 1. The molecule has 1 saturated carbocycles. The summed E-state index contributed by atoms with van der Waals surface area (Å²) in [6.45, 7) is 1.98. The number of nitrogens with zero attached hydrogens (tertiary/aromatic N) is 1. The molecule has 1 aliphatic carbocycles. The number of aryl methyl sites for hydroxylation is 1. The predicted molar refractivity (Wildman–Crippen MR) is 79.5 cm³/mol. The van der Waals surface area contributed by atoms with Crippen LogP contribution in [0.4, 0.5) is 5.69 Å². The average molecular weight is 273 g/mol. The Labute approximate surface area is 120 Å². The molecule has 3 rings (SSSR count). The Morgan fingerprint density at radius 1 is 1.25 bits per heavy atom. The molecule has 108 valence electrons. The third kappa shape index (κ3) is 3.01. The Morgan fingerprint density at radius 3 is 2.95 bits per heavy atom. The zero-order chi connectivity index (χ0) is 13.9. The van der Waals surface area contributed by atoms with Crippen LogP contribution in [0.1, 0.15) is 44.1 Å². The van der Waals surface area contributed by atoms with Gasteiger partial charge in [0.2, 0.25) is 5.91 Å². The Balaban J connectivity index is 1.60. The molecule has 4 heteroatoms. The van der Waals surface area contributed by atoms with Crippen molar-refractivity contribution in [2.75, 3.05) is 5.32 Å². The average Bonchev–Trinajstić information content (AvgIpc) is 2.47. The molecule has 3 unspecified atom stereocenters. The van der Waals surface area contributed by atoms with Gasteiger partial charge >= 0.3 is 0 Å². The normalized spacial score (nSPS) is 29.6. The van der Waals surface area contributed by atoms with Gasteiger partial charge in [0.05, 0.1) is 17.9 Å². The van der Waals surface area contributed by atoms with Crippen LogP contribution in [0.3, 0.4) is 0 Å². The first-order valence-corrected chi connectivity index (χ1v) is 7.71. The molecule has 1 aromatic heterocycles. The molecule has 0 spiro atoms. The van der Waals surface area contributed by atoms with E-state index < -0.39 is 0 Å². The van der Waals surface area contributed by atoms with Gasteiger partial charge in [0.1, 0.15) is 0 Å². The highest BCUT2D eigenvalue weighted by atomic mass is 16.2. The van der Waals surface area contributed by atoms with Crippen LogP contribution >= 0.6 is 0 Å². The highest BCUT2D eigenvalue weighted by Crippen LogP contribution is 2.32. The SMILES string of the molecule is Cc1cncc(NC(=O)C2CCC3CCCCC3N2)c1. The molecule has 2 N–H and O–H groups in total. The quantitative estimate of drug-likeness (QED) is 0.871. The number of nitrogens with one attached hydrogen (secondary N) is 2. The molecular formula is C16H23N3O. The van der Waals surface area contributed by atoms with Gasteiger partial charge in [-0.2, -0.15) is 0 Å². The number of carbonyl (C=O) groups excluding carboxylic acids is 1. The van der Waals surface area contributed by atoms with E-state index in [1.807, 2.05) is 13.0 Å². The molecule has 0 aromatic carbocycles. The molecular weight excluding hydrogens is 250 g/mol. The number of aromatic nitrogens is 1. The molecule has 1 saturated heterocycles. The van der Waals surface area contributed by atoms with Gasteiger partial charge in [-0.15, -0.1) is 0 Å². The fourth-order valence-corrected chi connectivity index (χ4v) is 3.55. The molecule has 2 fully saturated rings. The summed E-state index contributed by atoms with van der Waals surface area (Å²) < 4.78 is 0. The fraction of sp³-hybridized carbons (Fsp3) is 0.625. The maximum Gasteiger partial charge on any atom is 0.241 e. The third-order valence-electron chi connectivity index (χ3n) is 4.61. The van der Waals surface area contributed by atoms with Gasteiger partial charge < -0.3 is 10.6 Å². The summed E-state index contributed by atoms with van der Waals surface area (Å²) in [7, 11) is 0. The van der Waals surface area contributed by atoms with Crippen LogP contribution in [-0.2, 0) is 4.79 Å². The van der Waals surface area contributed by atoms with E-state index in [2.05, 4.69) is 15.6 Å². The van der Waals surface area contributed by atoms with Gasteiger partial charge in [0, 0.05) is 12.2 Å². The number of hydrogen-bond acceptors (Lipinski definition) is 3. The number of pyridine rings is 1. The molecule has 20 heavy (non-hydrogen) atoms. The first kappa shape index (κ1) is 13.6. The zero-order valence-corrected chi connectivity index (χ0v) is 12.1. The Morgan fingerprint density at radius 2 is 2.10 bits per heavy atom. The molecule has 3 atom stereocenters. The fourth-order valence-electron chi connectivity index (χ4n) is 3.55. The van der Waals surface area contributed by atoms with Gasteiger partial charge in [0.15, 0.2) is 0 Å². The van der Waals surface area contributed by atoms with Crippen LogP contribution in [0.5, 0.6) is 0 Å². The lowest BCUT2D eigenvalue weighted by Crippen LogP contribution is -2.53. The van der Waals surface area contributed by atoms with E-state index >= 15 is 0 Å².